The van der Waals surface area contributed by atoms with E-state index in [9.17, 15) is 0 Å². The summed E-state index contributed by atoms with van der Waals surface area (Å²) in [5, 5.41) is 3.57. The third kappa shape index (κ3) is 7.06. The predicted octanol–water partition coefficient (Wildman–Crippen LogP) is 3.98. The lowest BCUT2D eigenvalue weighted by Gasteiger charge is -2.24. The third-order valence-corrected chi connectivity index (χ3v) is 2.05. The molecule has 0 aliphatic carbocycles. The molecular weight excluding hydrogens is 158 g/mol. The molecule has 0 bridgehead atoms. The summed E-state index contributed by atoms with van der Waals surface area (Å²) < 4.78 is 0. The molecular formula is C12H29N. The second-order valence-corrected chi connectivity index (χ2v) is 4.39. The maximum atomic E-state index is 3.57. The van der Waals surface area contributed by atoms with Gasteiger partial charge in [-0.25, -0.2) is 0 Å². The lowest BCUT2D eigenvalue weighted by atomic mass is 10.0. The molecule has 0 unspecified atom stereocenters. The summed E-state index contributed by atoms with van der Waals surface area (Å²) in [5.41, 5.74) is 0.757. The molecule has 1 N–H and O–H groups in total. The normalized spacial score (nSPS) is 22.2. The number of hydrogen-bond acceptors (Lipinski definition) is 1. The van der Waals surface area contributed by atoms with Crippen molar-refractivity contribution in [3.05, 3.63) is 0 Å². The van der Waals surface area contributed by atoms with Crippen LogP contribution in [-0.4, -0.2) is 11.1 Å². The quantitative estimate of drug-likeness (QED) is 0.605. The van der Waals surface area contributed by atoms with Crippen LogP contribution in [0, 0.1) is 0 Å². The van der Waals surface area contributed by atoms with Crippen LogP contribution in [0.15, 0.2) is 0 Å². The van der Waals surface area contributed by atoms with Crippen LogP contribution < -0.4 is 5.32 Å². The highest BCUT2D eigenvalue weighted by molar-refractivity contribution is 4.96. The molecule has 82 valence electrons. The monoisotopic (exact) mass is 187 g/mol. The number of rotatable bonds is 0. The van der Waals surface area contributed by atoms with E-state index in [2.05, 4.69) is 33.0 Å². The molecule has 0 spiro atoms. The van der Waals surface area contributed by atoms with E-state index >= 15 is 0 Å². The van der Waals surface area contributed by atoms with Gasteiger partial charge in [0.25, 0.3) is 0 Å². The minimum absolute atomic E-state index is 0.378. The van der Waals surface area contributed by atoms with Crippen molar-refractivity contribution in [2.45, 2.75) is 79.3 Å². The summed E-state index contributed by atoms with van der Waals surface area (Å²) in [6, 6.07) is 0. The highest BCUT2D eigenvalue weighted by atomic mass is 15.1. The minimum Gasteiger partial charge on any atom is -0.307 e. The van der Waals surface area contributed by atoms with Gasteiger partial charge in [0.05, 0.1) is 0 Å². The molecule has 0 aromatic carbocycles. The van der Waals surface area contributed by atoms with Gasteiger partial charge in [0.2, 0.25) is 0 Å². The Morgan fingerprint density at radius 2 is 0.923 bits per heavy atom. The van der Waals surface area contributed by atoms with E-state index in [-0.39, 0.29) is 0 Å². The van der Waals surface area contributed by atoms with E-state index in [1.54, 1.807) is 0 Å². The Hall–Kier alpha value is -0.0400. The summed E-state index contributed by atoms with van der Waals surface area (Å²) >= 11 is 0. The van der Waals surface area contributed by atoms with Crippen LogP contribution in [0.1, 0.15) is 68.2 Å². The van der Waals surface area contributed by atoms with Crippen LogP contribution in [-0.2, 0) is 0 Å². The lowest BCUT2D eigenvalue weighted by molar-refractivity contribution is 0.369. The Bertz CT molecular complexity index is 100. The second kappa shape index (κ2) is 6.42. The molecule has 1 aliphatic rings. The second-order valence-electron chi connectivity index (χ2n) is 4.39. The van der Waals surface area contributed by atoms with Gasteiger partial charge in [-0.1, -0.05) is 27.7 Å². The molecule has 0 aromatic rings. The van der Waals surface area contributed by atoms with Gasteiger partial charge in [0, 0.05) is 11.1 Å². The first kappa shape index (κ1) is 15.4. The molecule has 0 atom stereocenters. The largest absolute Gasteiger partial charge is 0.307 e. The van der Waals surface area contributed by atoms with Crippen molar-refractivity contribution < 1.29 is 0 Å². The van der Waals surface area contributed by atoms with Gasteiger partial charge in [-0.3, -0.25) is 0 Å². The Morgan fingerprint density at radius 3 is 1.00 bits per heavy atom. The van der Waals surface area contributed by atoms with Crippen molar-refractivity contribution >= 4 is 0 Å². The summed E-state index contributed by atoms with van der Waals surface area (Å²) in [4.78, 5) is 0. The molecule has 0 radical (unpaired) electrons. The SMILES string of the molecule is CC.CC.CC1(C)CCC(C)(C)N1. The molecule has 1 nitrogen and oxygen atoms in total. The third-order valence-electron chi connectivity index (χ3n) is 2.05. The average molecular weight is 187 g/mol. The summed E-state index contributed by atoms with van der Waals surface area (Å²) in [6.07, 6.45) is 2.61. The van der Waals surface area contributed by atoms with Crippen LogP contribution in [0.5, 0.6) is 0 Å². The highest BCUT2D eigenvalue weighted by Crippen LogP contribution is 2.29. The number of hydrogen-bond donors (Lipinski definition) is 1. The van der Waals surface area contributed by atoms with Crippen LogP contribution in [0.25, 0.3) is 0 Å². The Kier molecular flexibility index (Phi) is 7.62. The fourth-order valence-electron chi connectivity index (χ4n) is 1.67. The Balaban J connectivity index is 0. The Labute approximate surface area is 85.3 Å². The molecule has 1 aliphatic heterocycles. The average Bonchev–Trinajstić information content (AvgIpc) is 2.32. The predicted molar refractivity (Wildman–Crippen MR) is 63.2 cm³/mol. The van der Waals surface area contributed by atoms with Gasteiger partial charge >= 0.3 is 0 Å². The summed E-state index contributed by atoms with van der Waals surface area (Å²) in [6.45, 7) is 17.1. The summed E-state index contributed by atoms with van der Waals surface area (Å²) in [7, 11) is 0. The van der Waals surface area contributed by atoms with Gasteiger partial charge in [-0.2, -0.15) is 0 Å². The van der Waals surface area contributed by atoms with Crippen molar-refractivity contribution in [3.8, 4) is 0 Å². The van der Waals surface area contributed by atoms with E-state index in [0.717, 1.165) is 0 Å². The zero-order valence-electron chi connectivity index (χ0n) is 10.9. The molecule has 1 heteroatoms. The Morgan fingerprint density at radius 1 is 0.692 bits per heavy atom. The standard InChI is InChI=1S/C8H17N.2C2H6/c1-7(2)5-6-8(3,4)9-7;2*1-2/h9H,5-6H2,1-4H3;2*1-2H3. The van der Waals surface area contributed by atoms with Crippen molar-refractivity contribution in [2.75, 3.05) is 0 Å². The van der Waals surface area contributed by atoms with E-state index < -0.39 is 0 Å². The van der Waals surface area contributed by atoms with Crippen LogP contribution in [0.4, 0.5) is 0 Å². The van der Waals surface area contributed by atoms with Gasteiger partial charge in [-0.05, 0) is 40.5 Å². The first-order valence-corrected chi connectivity index (χ1v) is 5.71. The first-order valence-electron chi connectivity index (χ1n) is 5.71. The molecule has 13 heavy (non-hydrogen) atoms. The minimum atomic E-state index is 0.378. The van der Waals surface area contributed by atoms with Gasteiger partial charge in [0.15, 0.2) is 0 Å². The van der Waals surface area contributed by atoms with Gasteiger partial charge in [-0.15, -0.1) is 0 Å². The van der Waals surface area contributed by atoms with Crippen molar-refractivity contribution in [2.24, 2.45) is 0 Å². The zero-order valence-corrected chi connectivity index (χ0v) is 10.9. The molecule has 0 saturated carbocycles. The smallest absolute Gasteiger partial charge is 0.0130 e. The fourth-order valence-corrected chi connectivity index (χ4v) is 1.67. The van der Waals surface area contributed by atoms with E-state index in [1.165, 1.54) is 12.8 Å². The van der Waals surface area contributed by atoms with Crippen LogP contribution in [0.2, 0.25) is 0 Å². The zero-order chi connectivity index (χ0) is 11.1. The molecule has 1 rings (SSSR count). The maximum absolute atomic E-state index is 3.57. The van der Waals surface area contributed by atoms with E-state index in [4.69, 9.17) is 0 Å². The van der Waals surface area contributed by atoms with Crippen molar-refractivity contribution in [1.82, 2.24) is 5.32 Å². The van der Waals surface area contributed by atoms with Crippen LogP contribution >= 0.6 is 0 Å². The highest BCUT2D eigenvalue weighted by Gasteiger charge is 2.34. The first-order chi connectivity index (χ1) is 5.91. The maximum Gasteiger partial charge on any atom is 0.0130 e. The van der Waals surface area contributed by atoms with Crippen molar-refractivity contribution in [1.29, 1.82) is 0 Å². The van der Waals surface area contributed by atoms with Gasteiger partial charge in [0.1, 0.15) is 0 Å². The van der Waals surface area contributed by atoms with Gasteiger partial charge < -0.3 is 5.32 Å². The fraction of sp³-hybridized carbons (Fsp3) is 1.00. The molecule has 1 heterocycles. The molecule has 1 fully saturated rings. The lowest BCUT2D eigenvalue weighted by Crippen LogP contribution is -2.43. The van der Waals surface area contributed by atoms with E-state index in [1.807, 2.05) is 27.7 Å². The number of nitrogens with one attached hydrogen (secondary N) is 1. The van der Waals surface area contributed by atoms with Crippen LogP contribution in [0.3, 0.4) is 0 Å². The summed E-state index contributed by atoms with van der Waals surface area (Å²) in [5.74, 6) is 0. The van der Waals surface area contributed by atoms with E-state index in [0.29, 0.717) is 11.1 Å². The molecule has 0 aromatic heterocycles. The molecule has 0 amide bonds. The van der Waals surface area contributed by atoms with Crippen molar-refractivity contribution in [3.63, 3.8) is 0 Å². The molecule has 1 saturated heterocycles. The topological polar surface area (TPSA) is 12.0 Å².